The summed E-state index contributed by atoms with van der Waals surface area (Å²) in [5, 5.41) is 13.6. The van der Waals surface area contributed by atoms with Crippen molar-refractivity contribution in [3.05, 3.63) is 12.7 Å². The first-order chi connectivity index (χ1) is 11.5. The van der Waals surface area contributed by atoms with Crippen LogP contribution in [0.5, 0.6) is 0 Å². The van der Waals surface area contributed by atoms with Crippen LogP contribution >= 0.6 is 0 Å². The fraction of sp³-hybridized carbons (Fsp3) is 0.750. The zero-order chi connectivity index (χ0) is 19.3. The van der Waals surface area contributed by atoms with Crippen molar-refractivity contribution in [1.82, 2.24) is 0 Å². The van der Waals surface area contributed by atoms with Crippen molar-refractivity contribution in [2.24, 2.45) is 17.0 Å². The van der Waals surface area contributed by atoms with E-state index in [9.17, 15) is 26.9 Å². The summed E-state index contributed by atoms with van der Waals surface area (Å²) in [6.07, 6.45) is -3.16. The average molecular weight is 380 g/mol. The first-order valence-electron chi connectivity index (χ1n) is 7.95. The number of sulfone groups is 1. The van der Waals surface area contributed by atoms with E-state index >= 15 is 0 Å². The monoisotopic (exact) mass is 380 g/mol. The highest BCUT2D eigenvalue weighted by atomic mass is 32.2. The van der Waals surface area contributed by atoms with E-state index in [-0.39, 0.29) is 0 Å². The van der Waals surface area contributed by atoms with Gasteiger partial charge in [-0.1, -0.05) is 18.2 Å². The Balaban J connectivity index is 3.22. The Morgan fingerprint density at radius 3 is 2.40 bits per heavy atom. The SMILES string of the molecule is C=CC(C)C(C#N)(C1CCC(=NOC)CC1)S(=O)(=O)CCC(F)(F)F. The Morgan fingerprint density at radius 2 is 2.00 bits per heavy atom. The highest BCUT2D eigenvalue weighted by Gasteiger charge is 2.54. The van der Waals surface area contributed by atoms with Gasteiger partial charge in [-0.05, 0) is 31.6 Å². The normalized spacial score (nSPS) is 22.4. The second-order valence-corrected chi connectivity index (χ2v) is 8.54. The summed E-state index contributed by atoms with van der Waals surface area (Å²) in [5.41, 5.74) is 0.754. The maximum atomic E-state index is 12.8. The van der Waals surface area contributed by atoms with Crippen LogP contribution in [0.1, 0.15) is 39.0 Å². The van der Waals surface area contributed by atoms with Crippen molar-refractivity contribution < 1.29 is 26.4 Å². The number of allylic oxidation sites excluding steroid dienone is 1. The lowest BCUT2D eigenvalue weighted by molar-refractivity contribution is -0.130. The van der Waals surface area contributed by atoms with Gasteiger partial charge in [0, 0.05) is 5.92 Å². The van der Waals surface area contributed by atoms with Crippen LogP contribution in [0.25, 0.3) is 0 Å². The third kappa shape index (κ3) is 4.75. The predicted molar refractivity (Wildman–Crippen MR) is 88.6 cm³/mol. The van der Waals surface area contributed by atoms with Crippen molar-refractivity contribution >= 4 is 15.5 Å². The molecule has 5 nitrogen and oxygen atoms in total. The first kappa shape index (κ1) is 21.5. The second-order valence-electron chi connectivity index (χ2n) is 6.23. The number of oxime groups is 1. The molecule has 2 unspecified atom stereocenters. The van der Waals surface area contributed by atoms with Crippen molar-refractivity contribution in [2.75, 3.05) is 12.9 Å². The molecule has 9 heteroatoms. The molecule has 0 N–H and O–H groups in total. The first-order valence-corrected chi connectivity index (χ1v) is 9.61. The minimum Gasteiger partial charge on any atom is -0.399 e. The largest absolute Gasteiger partial charge is 0.399 e. The highest BCUT2D eigenvalue weighted by molar-refractivity contribution is 7.93. The van der Waals surface area contributed by atoms with Crippen molar-refractivity contribution in [3.63, 3.8) is 0 Å². The molecule has 0 aromatic rings. The Morgan fingerprint density at radius 1 is 1.44 bits per heavy atom. The minimum absolute atomic E-state index is 0.346. The third-order valence-electron chi connectivity index (χ3n) is 4.76. The molecule has 0 amide bonds. The number of hydrogen-bond acceptors (Lipinski definition) is 5. The van der Waals surface area contributed by atoms with Gasteiger partial charge in [-0.3, -0.25) is 0 Å². The maximum Gasteiger partial charge on any atom is 0.390 e. The molecule has 25 heavy (non-hydrogen) atoms. The molecule has 1 aliphatic rings. The molecule has 1 fully saturated rings. The van der Waals surface area contributed by atoms with Crippen molar-refractivity contribution in [2.45, 2.75) is 50.0 Å². The number of nitriles is 1. The van der Waals surface area contributed by atoms with Crippen LogP contribution < -0.4 is 0 Å². The fourth-order valence-corrected chi connectivity index (χ4v) is 5.75. The molecule has 0 aliphatic heterocycles. The second kappa shape index (κ2) is 8.21. The molecule has 0 radical (unpaired) electrons. The van der Waals surface area contributed by atoms with Gasteiger partial charge in [0.05, 0.1) is 24.0 Å². The average Bonchev–Trinajstić information content (AvgIpc) is 2.55. The van der Waals surface area contributed by atoms with E-state index in [1.54, 1.807) is 0 Å². The van der Waals surface area contributed by atoms with Crippen LogP contribution in [0.15, 0.2) is 17.8 Å². The Hall–Kier alpha value is -1.56. The minimum atomic E-state index is -4.60. The van der Waals surface area contributed by atoms with E-state index in [0.717, 1.165) is 5.71 Å². The number of hydrogen-bond donors (Lipinski definition) is 0. The molecule has 0 saturated heterocycles. The molecule has 0 bridgehead atoms. The van der Waals surface area contributed by atoms with E-state index in [1.165, 1.54) is 20.1 Å². The zero-order valence-electron chi connectivity index (χ0n) is 14.3. The smallest absolute Gasteiger partial charge is 0.390 e. The van der Waals surface area contributed by atoms with Crippen LogP contribution in [0.4, 0.5) is 13.2 Å². The molecule has 0 heterocycles. The molecule has 0 aromatic carbocycles. The summed E-state index contributed by atoms with van der Waals surface area (Å²) >= 11 is 0. The zero-order valence-corrected chi connectivity index (χ0v) is 15.2. The molecule has 1 rings (SSSR count). The summed E-state index contributed by atoms with van der Waals surface area (Å²) in [5.74, 6) is -2.47. The molecule has 0 aromatic heterocycles. The van der Waals surface area contributed by atoms with Crippen molar-refractivity contribution in [3.8, 4) is 6.07 Å². The molecule has 142 valence electrons. The Bertz CT molecular complexity index is 643. The van der Waals surface area contributed by atoms with Gasteiger partial charge in [-0.15, -0.1) is 6.58 Å². The lowest BCUT2D eigenvalue weighted by atomic mass is 9.74. The van der Waals surface area contributed by atoms with Gasteiger partial charge in [-0.25, -0.2) is 8.42 Å². The molecule has 0 spiro atoms. The highest BCUT2D eigenvalue weighted by Crippen LogP contribution is 2.43. The van der Waals surface area contributed by atoms with Crippen molar-refractivity contribution in [1.29, 1.82) is 5.26 Å². The van der Waals surface area contributed by atoms with Crippen LogP contribution in [0, 0.1) is 23.2 Å². The summed E-state index contributed by atoms with van der Waals surface area (Å²) in [4.78, 5) is 4.70. The number of rotatable bonds is 7. The van der Waals surface area contributed by atoms with E-state index in [0.29, 0.717) is 25.7 Å². The van der Waals surface area contributed by atoms with Gasteiger partial charge in [0.2, 0.25) is 0 Å². The van der Waals surface area contributed by atoms with Crippen LogP contribution in [0.3, 0.4) is 0 Å². The molecule has 1 saturated carbocycles. The number of halogens is 3. The van der Waals surface area contributed by atoms with E-state index < -0.39 is 44.8 Å². The Kier molecular flexibility index (Phi) is 7.06. The van der Waals surface area contributed by atoms with Gasteiger partial charge in [0.25, 0.3) is 0 Å². The topological polar surface area (TPSA) is 79.5 Å². The van der Waals surface area contributed by atoms with Gasteiger partial charge in [0.1, 0.15) is 7.11 Å². The molecular weight excluding hydrogens is 357 g/mol. The van der Waals surface area contributed by atoms with Gasteiger partial charge >= 0.3 is 6.18 Å². The number of nitrogens with zero attached hydrogens (tertiary/aromatic N) is 2. The van der Waals surface area contributed by atoms with E-state index in [4.69, 9.17) is 4.84 Å². The van der Waals surface area contributed by atoms with Gasteiger partial charge < -0.3 is 4.84 Å². The third-order valence-corrected chi connectivity index (χ3v) is 7.33. The fourth-order valence-electron chi connectivity index (χ4n) is 3.37. The van der Waals surface area contributed by atoms with Crippen LogP contribution in [-0.2, 0) is 14.7 Å². The number of alkyl halides is 3. The standard InChI is InChI=1S/C16H23F3N2O3S/c1-4-12(2)15(11-20,25(22,23)10-9-16(17,18)19)13-5-7-14(8-6-13)21-24-3/h4,12-13H,1,5-10H2,2-3H3. The summed E-state index contributed by atoms with van der Waals surface area (Å²) in [7, 11) is -2.93. The van der Waals surface area contributed by atoms with E-state index in [1.807, 2.05) is 6.07 Å². The lowest BCUT2D eigenvalue weighted by Gasteiger charge is -2.40. The molecular formula is C16H23F3N2O3S. The van der Waals surface area contributed by atoms with Crippen LogP contribution in [-0.4, -0.2) is 37.9 Å². The summed E-state index contributed by atoms with van der Waals surface area (Å²) in [6, 6.07) is 1.86. The van der Waals surface area contributed by atoms with Gasteiger partial charge in [0.15, 0.2) is 14.6 Å². The molecule has 2 atom stereocenters. The Labute approximate surface area is 146 Å². The van der Waals surface area contributed by atoms with Gasteiger partial charge in [-0.2, -0.15) is 18.4 Å². The van der Waals surface area contributed by atoms with E-state index in [2.05, 4.69) is 11.7 Å². The summed E-state index contributed by atoms with van der Waals surface area (Å²) < 4.78 is 61.3. The lowest BCUT2D eigenvalue weighted by Crippen LogP contribution is -2.51. The predicted octanol–water partition coefficient (Wildman–Crippen LogP) is 3.63. The maximum absolute atomic E-state index is 12.8. The molecule has 1 aliphatic carbocycles. The van der Waals surface area contributed by atoms with Crippen LogP contribution in [0.2, 0.25) is 0 Å². The quantitative estimate of drug-likeness (QED) is 0.499. The summed E-state index contributed by atoms with van der Waals surface area (Å²) in [6.45, 7) is 5.07.